The number of benzene rings is 1. The van der Waals surface area contributed by atoms with Gasteiger partial charge >= 0.3 is 0 Å². The van der Waals surface area contributed by atoms with Gasteiger partial charge in [0.15, 0.2) is 0 Å². The van der Waals surface area contributed by atoms with Gasteiger partial charge in [0.1, 0.15) is 5.75 Å². The van der Waals surface area contributed by atoms with E-state index in [2.05, 4.69) is 5.32 Å². The van der Waals surface area contributed by atoms with Crippen LogP contribution in [-0.4, -0.2) is 23.8 Å². The van der Waals surface area contributed by atoms with Gasteiger partial charge in [-0.25, -0.2) is 0 Å². The maximum absolute atomic E-state index is 9.98. The predicted octanol–water partition coefficient (Wildman–Crippen LogP) is 2.01. The summed E-state index contributed by atoms with van der Waals surface area (Å²) in [5, 5.41) is 13.3. The molecule has 1 unspecified atom stereocenters. The maximum Gasteiger partial charge on any atom is 0.119 e. The van der Waals surface area contributed by atoms with Gasteiger partial charge < -0.3 is 15.2 Å². The second-order valence-corrected chi connectivity index (χ2v) is 5.08. The van der Waals surface area contributed by atoms with E-state index in [1.807, 2.05) is 24.3 Å². The third-order valence-electron chi connectivity index (χ3n) is 3.27. The van der Waals surface area contributed by atoms with Crippen LogP contribution in [0.2, 0.25) is 0 Å². The van der Waals surface area contributed by atoms with E-state index in [1.165, 1.54) is 25.7 Å². The number of ether oxygens (including phenoxy) is 1. The molecule has 0 radical (unpaired) electrons. The largest absolute Gasteiger partial charge is 0.490 e. The van der Waals surface area contributed by atoms with Crippen molar-refractivity contribution in [1.29, 1.82) is 0 Å². The first-order valence-electron chi connectivity index (χ1n) is 6.49. The molecule has 1 aromatic carbocycles. The van der Waals surface area contributed by atoms with Crippen LogP contribution < -0.4 is 10.1 Å². The number of hydrogen-bond donors (Lipinski definition) is 2. The average Bonchev–Trinajstić information content (AvgIpc) is 3.22. The van der Waals surface area contributed by atoms with Crippen LogP contribution in [0.1, 0.15) is 37.4 Å². The monoisotopic (exact) mass is 233 g/mol. The zero-order valence-electron chi connectivity index (χ0n) is 9.93. The lowest BCUT2D eigenvalue weighted by atomic mass is 10.1. The van der Waals surface area contributed by atoms with E-state index in [4.69, 9.17) is 4.74 Å². The topological polar surface area (TPSA) is 41.5 Å². The minimum atomic E-state index is -0.412. The highest BCUT2D eigenvalue weighted by atomic mass is 16.5. The summed E-state index contributed by atoms with van der Waals surface area (Å²) in [4.78, 5) is 0. The van der Waals surface area contributed by atoms with Gasteiger partial charge in [0.05, 0.1) is 12.2 Å². The van der Waals surface area contributed by atoms with Crippen LogP contribution in [0.3, 0.4) is 0 Å². The molecule has 17 heavy (non-hydrogen) atoms. The molecule has 0 saturated heterocycles. The Balaban J connectivity index is 1.53. The van der Waals surface area contributed by atoms with Crippen molar-refractivity contribution >= 4 is 0 Å². The first-order valence-corrected chi connectivity index (χ1v) is 6.49. The van der Waals surface area contributed by atoms with Crippen molar-refractivity contribution in [3.05, 3.63) is 29.8 Å². The SMILES string of the molecule is OC(CNC1CC1)c1ccc(OC2CC2)cc1. The normalized spacial score (nSPS) is 21.2. The van der Waals surface area contributed by atoms with Gasteiger partial charge in [-0.05, 0) is 43.4 Å². The molecule has 0 heterocycles. The van der Waals surface area contributed by atoms with Crippen LogP contribution in [0.4, 0.5) is 0 Å². The molecule has 2 saturated carbocycles. The highest BCUT2D eigenvalue weighted by Gasteiger charge is 2.24. The molecule has 3 heteroatoms. The van der Waals surface area contributed by atoms with Crippen molar-refractivity contribution < 1.29 is 9.84 Å². The van der Waals surface area contributed by atoms with Crippen LogP contribution in [0.25, 0.3) is 0 Å². The summed E-state index contributed by atoms with van der Waals surface area (Å²) < 4.78 is 5.67. The average molecular weight is 233 g/mol. The number of rotatable bonds is 6. The second kappa shape index (κ2) is 4.67. The van der Waals surface area contributed by atoms with Crippen LogP contribution in [-0.2, 0) is 0 Å². The summed E-state index contributed by atoms with van der Waals surface area (Å²) in [6.45, 7) is 0.646. The summed E-state index contributed by atoms with van der Waals surface area (Å²) in [7, 11) is 0. The Kier molecular flexibility index (Phi) is 3.04. The van der Waals surface area contributed by atoms with Crippen LogP contribution in [0.5, 0.6) is 5.75 Å². The fraction of sp³-hybridized carbons (Fsp3) is 0.571. The Morgan fingerprint density at radius 3 is 2.47 bits per heavy atom. The molecule has 0 aliphatic heterocycles. The maximum atomic E-state index is 9.98. The Labute approximate surface area is 102 Å². The fourth-order valence-electron chi connectivity index (χ4n) is 1.83. The molecular weight excluding hydrogens is 214 g/mol. The van der Waals surface area contributed by atoms with Gasteiger partial charge in [0, 0.05) is 12.6 Å². The highest BCUT2D eigenvalue weighted by Crippen LogP contribution is 2.27. The summed E-state index contributed by atoms with van der Waals surface area (Å²) in [5.74, 6) is 0.915. The van der Waals surface area contributed by atoms with Gasteiger partial charge in [-0.2, -0.15) is 0 Å². The number of hydrogen-bond acceptors (Lipinski definition) is 3. The van der Waals surface area contributed by atoms with Crippen molar-refractivity contribution in [3.63, 3.8) is 0 Å². The van der Waals surface area contributed by atoms with Gasteiger partial charge in [0.25, 0.3) is 0 Å². The Morgan fingerprint density at radius 1 is 1.18 bits per heavy atom. The second-order valence-electron chi connectivity index (χ2n) is 5.08. The predicted molar refractivity (Wildman–Crippen MR) is 66.1 cm³/mol. The molecule has 92 valence electrons. The Hall–Kier alpha value is -1.06. The molecule has 3 rings (SSSR count). The fourth-order valence-corrected chi connectivity index (χ4v) is 1.83. The molecule has 2 N–H and O–H groups in total. The molecule has 0 aromatic heterocycles. The Morgan fingerprint density at radius 2 is 1.88 bits per heavy atom. The van der Waals surface area contributed by atoms with E-state index in [1.54, 1.807) is 0 Å². The molecule has 0 spiro atoms. The quantitative estimate of drug-likeness (QED) is 0.789. The van der Waals surface area contributed by atoms with Gasteiger partial charge in [0.2, 0.25) is 0 Å². The zero-order chi connectivity index (χ0) is 11.7. The van der Waals surface area contributed by atoms with E-state index < -0.39 is 6.10 Å². The van der Waals surface area contributed by atoms with Crippen molar-refractivity contribution in [2.24, 2.45) is 0 Å². The van der Waals surface area contributed by atoms with Crippen molar-refractivity contribution in [2.45, 2.75) is 43.9 Å². The summed E-state index contributed by atoms with van der Waals surface area (Å²) in [5.41, 5.74) is 0.960. The van der Waals surface area contributed by atoms with E-state index in [-0.39, 0.29) is 0 Å². The van der Waals surface area contributed by atoms with E-state index in [0.29, 0.717) is 18.7 Å². The first-order chi connectivity index (χ1) is 8.31. The molecule has 0 bridgehead atoms. The van der Waals surface area contributed by atoms with Gasteiger partial charge in [-0.3, -0.25) is 0 Å². The van der Waals surface area contributed by atoms with Crippen molar-refractivity contribution in [1.82, 2.24) is 5.32 Å². The van der Waals surface area contributed by atoms with Gasteiger partial charge in [-0.1, -0.05) is 12.1 Å². The molecule has 3 nitrogen and oxygen atoms in total. The molecule has 0 amide bonds. The Bertz CT molecular complexity index is 368. The number of aliphatic hydroxyl groups excluding tert-OH is 1. The minimum Gasteiger partial charge on any atom is -0.490 e. The molecule has 1 aromatic rings. The van der Waals surface area contributed by atoms with Crippen molar-refractivity contribution in [3.8, 4) is 5.75 Å². The van der Waals surface area contributed by atoms with E-state index in [0.717, 1.165) is 11.3 Å². The van der Waals surface area contributed by atoms with E-state index >= 15 is 0 Å². The molecular formula is C14H19NO2. The summed E-state index contributed by atoms with van der Waals surface area (Å²) >= 11 is 0. The first kappa shape index (κ1) is 11.1. The summed E-state index contributed by atoms with van der Waals surface area (Å²) in [6, 6.07) is 8.46. The lowest BCUT2D eigenvalue weighted by Gasteiger charge is -2.12. The standard InChI is InChI=1S/C14H19NO2/c16-14(9-15-11-3-4-11)10-1-5-12(6-2-10)17-13-7-8-13/h1-2,5-6,11,13-16H,3-4,7-9H2. The molecule has 2 aliphatic rings. The number of aliphatic hydroxyl groups is 1. The lowest BCUT2D eigenvalue weighted by molar-refractivity contribution is 0.174. The van der Waals surface area contributed by atoms with Gasteiger partial charge in [-0.15, -0.1) is 0 Å². The molecule has 2 aliphatic carbocycles. The smallest absolute Gasteiger partial charge is 0.119 e. The van der Waals surface area contributed by atoms with E-state index in [9.17, 15) is 5.11 Å². The van der Waals surface area contributed by atoms with Crippen LogP contribution >= 0.6 is 0 Å². The molecule has 2 fully saturated rings. The lowest BCUT2D eigenvalue weighted by Crippen LogP contribution is -2.23. The third-order valence-corrected chi connectivity index (χ3v) is 3.27. The minimum absolute atomic E-state index is 0.412. The zero-order valence-corrected chi connectivity index (χ0v) is 9.93. The molecule has 1 atom stereocenters. The van der Waals surface area contributed by atoms with Crippen molar-refractivity contribution in [2.75, 3.05) is 6.54 Å². The van der Waals surface area contributed by atoms with Crippen LogP contribution in [0, 0.1) is 0 Å². The third kappa shape index (κ3) is 3.20. The highest BCUT2D eigenvalue weighted by molar-refractivity contribution is 5.29. The number of nitrogens with one attached hydrogen (secondary N) is 1. The summed E-state index contributed by atoms with van der Waals surface area (Å²) in [6.07, 6.45) is 4.88. The van der Waals surface area contributed by atoms with Crippen LogP contribution in [0.15, 0.2) is 24.3 Å².